The monoisotopic (exact) mass is 404 g/mol. The second kappa shape index (κ2) is 9.36. The molecule has 0 bridgehead atoms. The minimum Gasteiger partial charge on any atom is -0.479 e. The van der Waals surface area contributed by atoms with E-state index >= 15 is 0 Å². The Morgan fingerprint density at radius 1 is 1.11 bits per heavy atom. The van der Waals surface area contributed by atoms with Crippen LogP contribution in [0, 0.1) is 0 Å². The van der Waals surface area contributed by atoms with Crippen LogP contribution in [-0.2, 0) is 14.3 Å². The molecular weight excluding hydrogens is 384 g/mol. The van der Waals surface area contributed by atoms with Crippen LogP contribution < -0.4 is 9.64 Å². The Morgan fingerprint density at radius 2 is 1.75 bits per heavy atom. The number of esters is 1. The van der Waals surface area contributed by atoms with Crippen LogP contribution in [0.25, 0.3) is 0 Å². The van der Waals surface area contributed by atoms with E-state index in [-0.39, 0.29) is 12.5 Å². The average Bonchev–Trinajstić information content (AvgIpc) is 2.74. The van der Waals surface area contributed by atoms with Crippen LogP contribution in [0.3, 0.4) is 0 Å². The van der Waals surface area contributed by atoms with E-state index < -0.39 is 12.1 Å². The molecule has 1 amide bonds. The number of hydrogen-bond donors (Lipinski definition) is 0. The van der Waals surface area contributed by atoms with Crippen LogP contribution in [0.2, 0.25) is 5.02 Å². The van der Waals surface area contributed by atoms with E-state index in [2.05, 4.69) is 9.97 Å². The summed E-state index contributed by atoms with van der Waals surface area (Å²) in [7, 11) is 0. The molecule has 8 nitrogen and oxygen atoms in total. The lowest BCUT2D eigenvalue weighted by atomic mass is 10.3. The number of aromatic nitrogens is 2. The predicted octanol–water partition coefficient (Wildman–Crippen LogP) is 1.79. The van der Waals surface area contributed by atoms with E-state index in [9.17, 15) is 9.59 Å². The third-order valence-electron chi connectivity index (χ3n) is 4.26. The largest absolute Gasteiger partial charge is 0.479 e. The van der Waals surface area contributed by atoms with Gasteiger partial charge in [-0.1, -0.05) is 11.6 Å². The maximum Gasteiger partial charge on any atom is 0.347 e. The Hall–Kier alpha value is -2.87. The molecule has 1 saturated heterocycles. The molecule has 0 radical (unpaired) electrons. The number of carbonyl (C=O) groups is 2. The summed E-state index contributed by atoms with van der Waals surface area (Å²) in [4.78, 5) is 36.5. The third-order valence-corrected chi connectivity index (χ3v) is 4.52. The minimum absolute atomic E-state index is 0.235. The number of ether oxygens (including phenoxy) is 2. The van der Waals surface area contributed by atoms with Crippen molar-refractivity contribution in [3.63, 3.8) is 0 Å². The van der Waals surface area contributed by atoms with Gasteiger partial charge in [0.15, 0.2) is 12.7 Å². The van der Waals surface area contributed by atoms with E-state index in [0.717, 1.165) is 0 Å². The highest BCUT2D eigenvalue weighted by molar-refractivity contribution is 6.30. The second-order valence-corrected chi connectivity index (χ2v) is 6.67. The van der Waals surface area contributed by atoms with Gasteiger partial charge in [0.05, 0.1) is 0 Å². The summed E-state index contributed by atoms with van der Waals surface area (Å²) in [5.41, 5.74) is 0. The summed E-state index contributed by atoms with van der Waals surface area (Å²) in [6.45, 7) is 3.55. The first-order chi connectivity index (χ1) is 13.5. The molecule has 2 aromatic rings. The first-order valence-electron chi connectivity index (χ1n) is 8.91. The normalized spacial score (nSPS) is 15.1. The Kier molecular flexibility index (Phi) is 6.65. The fourth-order valence-electron chi connectivity index (χ4n) is 2.72. The molecule has 1 aromatic heterocycles. The highest BCUT2D eigenvalue weighted by Gasteiger charge is 2.24. The molecule has 1 aromatic carbocycles. The van der Waals surface area contributed by atoms with E-state index in [0.29, 0.717) is 42.9 Å². The van der Waals surface area contributed by atoms with Gasteiger partial charge >= 0.3 is 5.97 Å². The smallest absolute Gasteiger partial charge is 0.347 e. The van der Waals surface area contributed by atoms with Crippen LogP contribution in [0.4, 0.5) is 5.95 Å². The van der Waals surface area contributed by atoms with E-state index in [1.165, 1.54) is 0 Å². The Labute approximate surface area is 168 Å². The molecular formula is C19H21ClN4O4. The van der Waals surface area contributed by atoms with Crippen LogP contribution in [0.1, 0.15) is 6.92 Å². The Morgan fingerprint density at radius 3 is 2.39 bits per heavy atom. The third kappa shape index (κ3) is 5.32. The SMILES string of the molecule is C[C@@H](Oc1ccc(Cl)cc1)C(=O)OCC(=O)N1CCN(c2ncccn2)CC1. The van der Waals surface area contributed by atoms with Gasteiger partial charge in [-0.2, -0.15) is 0 Å². The molecule has 0 saturated carbocycles. The highest BCUT2D eigenvalue weighted by atomic mass is 35.5. The summed E-state index contributed by atoms with van der Waals surface area (Å²) in [6, 6.07) is 8.41. The van der Waals surface area contributed by atoms with Crippen molar-refractivity contribution in [1.29, 1.82) is 0 Å². The van der Waals surface area contributed by atoms with Crippen molar-refractivity contribution in [3.05, 3.63) is 47.7 Å². The predicted molar refractivity (Wildman–Crippen MR) is 103 cm³/mol. The van der Waals surface area contributed by atoms with Crippen LogP contribution in [0.15, 0.2) is 42.7 Å². The molecule has 0 aliphatic carbocycles. The zero-order valence-electron chi connectivity index (χ0n) is 15.5. The number of halogens is 1. The van der Waals surface area contributed by atoms with Crippen LogP contribution >= 0.6 is 11.6 Å². The molecule has 0 spiro atoms. The first kappa shape index (κ1) is 19.9. The number of amides is 1. The van der Waals surface area contributed by atoms with Gasteiger partial charge in [0.2, 0.25) is 5.95 Å². The van der Waals surface area contributed by atoms with Gasteiger partial charge in [0, 0.05) is 43.6 Å². The molecule has 1 aliphatic heterocycles. The molecule has 1 aliphatic rings. The van der Waals surface area contributed by atoms with Crippen molar-refractivity contribution < 1.29 is 19.1 Å². The van der Waals surface area contributed by atoms with Gasteiger partial charge in [-0.15, -0.1) is 0 Å². The highest BCUT2D eigenvalue weighted by Crippen LogP contribution is 2.17. The van der Waals surface area contributed by atoms with Gasteiger partial charge in [-0.05, 0) is 37.3 Å². The molecule has 3 rings (SSSR count). The lowest BCUT2D eigenvalue weighted by molar-refractivity contribution is -0.157. The summed E-state index contributed by atoms with van der Waals surface area (Å²) in [5, 5.41) is 0.576. The number of piperazine rings is 1. The number of hydrogen-bond acceptors (Lipinski definition) is 7. The molecule has 148 valence electrons. The van der Waals surface area contributed by atoms with Gasteiger partial charge in [0.1, 0.15) is 5.75 Å². The molecule has 1 fully saturated rings. The van der Waals surface area contributed by atoms with Crippen molar-refractivity contribution in [2.45, 2.75) is 13.0 Å². The molecule has 0 N–H and O–H groups in total. The lowest BCUT2D eigenvalue weighted by Gasteiger charge is -2.34. The maximum atomic E-state index is 12.3. The van der Waals surface area contributed by atoms with Crippen LogP contribution in [-0.4, -0.2) is 65.6 Å². The number of anilines is 1. The fourth-order valence-corrected chi connectivity index (χ4v) is 2.84. The number of nitrogens with zero attached hydrogens (tertiary/aromatic N) is 4. The van der Waals surface area contributed by atoms with E-state index in [4.69, 9.17) is 21.1 Å². The second-order valence-electron chi connectivity index (χ2n) is 6.24. The van der Waals surface area contributed by atoms with Gasteiger partial charge in [0.25, 0.3) is 5.91 Å². The molecule has 0 unspecified atom stereocenters. The maximum absolute atomic E-state index is 12.3. The van der Waals surface area contributed by atoms with E-state index in [1.54, 1.807) is 54.5 Å². The topological polar surface area (TPSA) is 84.9 Å². The zero-order valence-corrected chi connectivity index (χ0v) is 16.2. The summed E-state index contributed by atoms with van der Waals surface area (Å²) in [6.07, 6.45) is 2.54. The molecule has 2 heterocycles. The van der Waals surface area contributed by atoms with Crippen molar-refractivity contribution in [2.75, 3.05) is 37.7 Å². The van der Waals surface area contributed by atoms with Gasteiger partial charge < -0.3 is 19.3 Å². The summed E-state index contributed by atoms with van der Waals surface area (Å²) in [5.74, 6) is 0.314. The number of benzene rings is 1. The summed E-state index contributed by atoms with van der Waals surface area (Å²) >= 11 is 5.81. The Balaban J connectivity index is 1.41. The number of rotatable bonds is 6. The van der Waals surface area contributed by atoms with Crippen LogP contribution in [0.5, 0.6) is 5.75 Å². The molecule has 28 heavy (non-hydrogen) atoms. The molecule has 9 heteroatoms. The first-order valence-corrected chi connectivity index (χ1v) is 9.29. The van der Waals surface area contributed by atoms with Crippen molar-refractivity contribution in [3.8, 4) is 5.75 Å². The van der Waals surface area contributed by atoms with Gasteiger partial charge in [-0.3, -0.25) is 4.79 Å². The van der Waals surface area contributed by atoms with Gasteiger partial charge in [-0.25, -0.2) is 14.8 Å². The minimum atomic E-state index is -0.832. The van der Waals surface area contributed by atoms with E-state index in [1.807, 2.05) is 4.90 Å². The quantitative estimate of drug-likeness (QED) is 0.678. The zero-order chi connectivity index (χ0) is 19.9. The lowest BCUT2D eigenvalue weighted by Crippen LogP contribution is -2.50. The van der Waals surface area contributed by atoms with Crippen molar-refractivity contribution in [2.24, 2.45) is 0 Å². The Bertz CT molecular complexity index is 795. The average molecular weight is 405 g/mol. The standard InChI is InChI=1S/C19H21ClN4O4/c1-14(28-16-5-3-15(20)4-6-16)18(26)27-13-17(25)23-9-11-24(12-10-23)19-21-7-2-8-22-19/h2-8,14H,9-13H2,1H3/t14-/m1/s1. The van der Waals surface area contributed by atoms with Crippen molar-refractivity contribution in [1.82, 2.24) is 14.9 Å². The fraction of sp³-hybridized carbons (Fsp3) is 0.368. The van der Waals surface area contributed by atoms with Crippen molar-refractivity contribution >= 4 is 29.4 Å². The summed E-state index contributed by atoms with van der Waals surface area (Å²) < 4.78 is 10.6. The molecule has 1 atom stereocenters. The number of carbonyl (C=O) groups excluding carboxylic acids is 2.